The second kappa shape index (κ2) is 21.2. The number of carbonyl (C=O) groups is 2. The van der Waals surface area contributed by atoms with Crippen molar-refractivity contribution in [2.24, 2.45) is 5.92 Å². The van der Waals surface area contributed by atoms with E-state index >= 15 is 0 Å². The summed E-state index contributed by atoms with van der Waals surface area (Å²) in [5, 5.41) is 7.00. The van der Waals surface area contributed by atoms with Crippen LogP contribution in [0.3, 0.4) is 0 Å². The quantitative estimate of drug-likeness (QED) is 0.170. The fourth-order valence-corrected chi connectivity index (χ4v) is 2.83. The first-order valence-corrected chi connectivity index (χ1v) is 9.59. The summed E-state index contributed by atoms with van der Waals surface area (Å²) in [5.74, 6) is 2.49. The first kappa shape index (κ1) is 34.9. The number of rotatable bonds is 10. The van der Waals surface area contributed by atoms with Crippen LogP contribution in [0.5, 0.6) is 0 Å². The average molecular weight is 474 g/mol. The zero-order chi connectivity index (χ0) is 24.3. The number of likely N-dealkylation sites (tertiary alicyclic amines) is 1. The molecule has 0 radical (unpaired) electrons. The van der Waals surface area contributed by atoms with Crippen molar-refractivity contribution in [1.29, 1.82) is 0 Å². The second-order valence-corrected chi connectivity index (χ2v) is 6.49. The molecule has 0 saturated carbocycles. The van der Waals surface area contributed by atoms with E-state index in [9.17, 15) is 18.0 Å². The van der Waals surface area contributed by atoms with Crippen LogP contribution < -0.4 is 0 Å². The van der Waals surface area contributed by atoms with Gasteiger partial charge in [-0.1, -0.05) is 7.43 Å². The Morgan fingerprint density at radius 3 is 2.41 bits per heavy atom. The van der Waals surface area contributed by atoms with Crippen molar-refractivity contribution in [2.75, 3.05) is 54.4 Å². The van der Waals surface area contributed by atoms with Crippen LogP contribution in [0.15, 0.2) is 0 Å². The molecule has 8 nitrogen and oxygen atoms in total. The summed E-state index contributed by atoms with van der Waals surface area (Å²) in [4.78, 5) is 22.3. The van der Waals surface area contributed by atoms with Crippen molar-refractivity contribution in [3.05, 3.63) is 0 Å². The van der Waals surface area contributed by atoms with Crippen LogP contribution >= 0.6 is 0 Å². The lowest BCUT2D eigenvalue weighted by molar-refractivity contribution is -0.166. The molecule has 1 N–H and O–H groups in total. The van der Waals surface area contributed by atoms with E-state index in [-0.39, 0.29) is 38.3 Å². The highest BCUT2D eigenvalue weighted by molar-refractivity contribution is 5.66. The fraction of sp³-hybridized carbons (Fsp3) is 0.810. The average Bonchev–Trinajstić information content (AvgIpc) is 2.72. The minimum atomic E-state index is -4.64. The summed E-state index contributed by atoms with van der Waals surface area (Å²) in [5.41, 5.74) is 0. The van der Waals surface area contributed by atoms with Crippen molar-refractivity contribution in [1.82, 2.24) is 4.90 Å². The van der Waals surface area contributed by atoms with Crippen molar-refractivity contribution in [3.63, 3.8) is 0 Å². The molecular formula is C21H38F3NO7. The Labute approximate surface area is 189 Å². The van der Waals surface area contributed by atoms with Gasteiger partial charge in [0, 0.05) is 46.6 Å². The van der Waals surface area contributed by atoms with Crippen LogP contribution in [0, 0.1) is 18.3 Å². The summed E-state index contributed by atoms with van der Waals surface area (Å²) in [6, 6.07) is 0. The molecule has 0 spiro atoms. The highest BCUT2D eigenvalue weighted by atomic mass is 19.4. The van der Waals surface area contributed by atoms with Gasteiger partial charge >= 0.3 is 12.1 Å². The molecular weight excluding hydrogens is 435 g/mol. The number of ether oxygens (including phenoxy) is 4. The van der Waals surface area contributed by atoms with Gasteiger partial charge in [0.1, 0.15) is 12.9 Å². The molecule has 1 aliphatic rings. The van der Waals surface area contributed by atoms with Gasteiger partial charge < -0.3 is 29.0 Å². The number of piperidine rings is 1. The van der Waals surface area contributed by atoms with Crippen molar-refractivity contribution < 1.29 is 46.8 Å². The molecule has 0 aromatic heterocycles. The first-order valence-electron chi connectivity index (χ1n) is 9.59. The van der Waals surface area contributed by atoms with Crippen LogP contribution in [0.25, 0.3) is 0 Å². The molecule has 11 heteroatoms. The van der Waals surface area contributed by atoms with E-state index in [1.807, 2.05) is 0 Å². The van der Waals surface area contributed by atoms with Gasteiger partial charge in [0.15, 0.2) is 0 Å². The minimum Gasteiger partial charge on any atom is -0.462 e. The van der Waals surface area contributed by atoms with Crippen molar-refractivity contribution >= 4 is 12.3 Å². The van der Waals surface area contributed by atoms with E-state index in [1.165, 1.54) is 6.92 Å². The number of alkyl halides is 3. The monoisotopic (exact) mass is 473 g/mol. The van der Waals surface area contributed by atoms with Gasteiger partial charge in [-0.25, -0.2) is 0 Å². The Balaban J connectivity index is -0.000000807. The maximum Gasteiger partial charge on any atom is 0.446 e. The molecule has 1 heterocycles. The number of aldehydes is 1. The standard InChI is InChI=1S/C17H29NO5.C2HF3O.CH4O.CH4/c1-5-6-7-16(22-13-21-11-10-20-4)15-12-18(3)9-8-17(15)23-14(2)19;3-2(4,5)1-6;1-2;/h1,15-17H,6-13H2,2-4H3;1H;2H,1H3;1H4. The van der Waals surface area contributed by atoms with Crippen molar-refractivity contribution in [2.45, 2.75) is 52.0 Å². The van der Waals surface area contributed by atoms with Crippen molar-refractivity contribution in [3.8, 4) is 12.3 Å². The molecule has 1 saturated heterocycles. The van der Waals surface area contributed by atoms with Gasteiger partial charge in [-0.3, -0.25) is 9.59 Å². The summed E-state index contributed by atoms with van der Waals surface area (Å²) in [6.45, 7) is 4.36. The van der Waals surface area contributed by atoms with Crippen LogP contribution in [0.1, 0.15) is 33.6 Å². The molecule has 0 aromatic rings. The largest absolute Gasteiger partial charge is 0.462 e. The van der Waals surface area contributed by atoms with Crippen LogP contribution in [-0.4, -0.2) is 95.0 Å². The number of hydrogen-bond acceptors (Lipinski definition) is 8. The van der Waals surface area contributed by atoms with Gasteiger partial charge in [-0.05, 0) is 19.9 Å². The number of aliphatic hydroxyl groups excluding tert-OH is 1. The fourth-order valence-electron chi connectivity index (χ4n) is 2.83. The number of methoxy groups -OCH3 is 1. The number of aliphatic hydroxyl groups is 1. The predicted molar refractivity (Wildman–Crippen MR) is 114 cm³/mol. The molecule has 3 atom stereocenters. The molecule has 0 aromatic carbocycles. The third-order valence-electron chi connectivity index (χ3n) is 4.09. The number of esters is 1. The van der Waals surface area contributed by atoms with Crippen LogP contribution in [0.2, 0.25) is 0 Å². The van der Waals surface area contributed by atoms with E-state index in [2.05, 4.69) is 17.9 Å². The van der Waals surface area contributed by atoms with E-state index < -0.39 is 12.5 Å². The van der Waals surface area contributed by atoms with Gasteiger partial charge in [0.2, 0.25) is 6.29 Å². The highest BCUT2D eigenvalue weighted by Gasteiger charge is 2.36. The normalized spacial score (nSPS) is 19.0. The van der Waals surface area contributed by atoms with Gasteiger partial charge in [-0.15, -0.1) is 12.3 Å². The van der Waals surface area contributed by atoms with Gasteiger partial charge in [0.05, 0.1) is 19.3 Å². The minimum absolute atomic E-state index is 0. The molecule has 32 heavy (non-hydrogen) atoms. The zero-order valence-corrected chi connectivity index (χ0v) is 18.5. The van der Waals surface area contributed by atoms with E-state index in [4.69, 9.17) is 35.3 Å². The third kappa shape index (κ3) is 19.0. The number of halogens is 3. The van der Waals surface area contributed by atoms with Crippen LogP contribution in [-0.2, 0) is 28.5 Å². The number of nitrogens with zero attached hydrogens (tertiary/aromatic N) is 1. The summed E-state index contributed by atoms with van der Waals surface area (Å²) >= 11 is 0. The summed E-state index contributed by atoms with van der Waals surface area (Å²) < 4.78 is 53.0. The molecule has 1 rings (SSSR count). The lowest BCUT2D eigenvalue weighted by Crippen LogP contribution is -2.49. The molecule has 1 aliphatic heterocycles. The van der Waals surface area contributed by atoms with E-state index in [1.54, 1.807) is 7.11 Å². The van der Waals surface area contributed by atoms with Gasteiger partial charge in [-0.2, -0.15) is 13.2 Å². The number of terminal acetylenes is 1. The maximum atomic E-state index is 11.4. The Bertz CT molecular complexity index is 513. The maximum absolute atomic E-state index is 11.4. The molecule has 0 bridgehead atoms. The number of hydrogen-bond donors (Lipinski definition) is 1. The molecule has 0 amide bonds. The smallest absolute Gasteiger partial charge is 0.446 e. The molecule has 3 unspecified atom stereocenters. The Kier molecular flexibility index (Phi) is 23.1. The summed E-state index contributed by atoms with van der Waals surface area (Å²) in [6.07, 6.45) is 1.61. The lowest BCUT2D eigenvalue weighted by atomic mass is 9.87. The first-order chi connectivity index (χ1) is 14.6. The van der Waals surface area contributed by atoms with Gasteiger partial charge in [0.25, 0.3) is 0 Å². The zero-order valence-electron chi connectivity index (χ0n) is 18.5. The summed E-state index contributed by atoms with van der Waals surface area (Å²) in [7, 11) is 4.69. The molecule has 190 valence electrons. The SMILES string of the molecule is C.C#CCCC(OCOCCOC)C1CN(C)CCC1OC(C)=O.CO.O=CC(F)(F)F. The lowest BCUT2D eigenvalue weighted by Gasteiger charge is -2.40. The Morgan fingerprint density at radius 1 is 1.34 bits per heavy atom. The van der Waals surface area contributed by atoms with E-state index in [0.717, 1.165) is 33.0 Å². The second-order valence-electron chi connectivity index (χ2n) is 6.49. The van der Waals surface area contributed by atoms with Crippen LogP contribution in [0.4, 0.5) is 13.2 Å². The van der Waals surface area contributed by atoms with E-state index in [0.29, 0.717) is 19.6 Å². The predicted octanol–water partition coefficient (Wildman–Crippen LogP) is 2.28. The topological polar surface area (TPSA) is 94.5 Å². The Morgan fingerprint density at radius 2 is 1.94 bits per heavy atom. The third-order valence-corrected chi connectivity index (χ3v) is 4.09. The molecule has 1 fully saturated rings. The Hall–Kier alpha value is -1.71. The molecule has 0 aliphatic carbocycles. The highest BCUT2D eigenvalue weighted by Crippen LogP contribution is 2.27. The number of carbonyl (C=O) groups excluding carboxylic acids is 2.